The highest BCUT2D eigenvalue weighted by Crippen LogP contribution is 2.36. The lowest BCUT2D eigenvalue weighted by molar-refractivity contribution is 1.57. The second-order valence-corrected chi connectivity index (χ2v) is 7.17. The number of halogens is 2. The van der Waals surface area contributed by atoms with E-state index in [9.17, 15) is 0 Å². The first-order valence-corrected chi connectivity index (χ1v) is 6.39. The fraction of sp³-hybridized carbons (Fsp3) is 0. The van der Waals surface area contributed by atoms with Crippen molar-refractivity contribution in [1.29, 1.82) is 5.26 Å². The Morgan fingerprint density at radius 2 is 1.85 bits per heavy atom. The highest BCUT2D eigenvalue weighted by Gasteiger charge is 2.04. The summed E-state index contributed by atoms with van der Waals surface area (Å²) in [5.41, 5.74) is 1.10. The average Bonchev–Trinajstić information content (AvgIpc) is 2.15. The van der Waals surface area contributed by atoms with E-state index in [0.717, 1.165) is 12.1 Å². The second-order valence-electron chi connectivity index (χ2n) is 2.15. The van der Waals surface area contributed by atoms with Crippen molar-refractivity contribution in [2.45, 2.75) is 0 Å². The maximum Gasteiger partial charge on any atom is 0.138 e. The molecule has 0 saturated carbocycles. The third kappa shape index (κ3) is 3.48. The predicted octanol–water partition coefficient (Wildman–Crippen LogP) is 4.40. The van der Waals surface area contributed by atoms with E-state index in [4.69, 9.17) is 5.26 Å². The Balaban J connectivity index is 3.06. The van der Waals surface area contributed by atoms with E-state index in [-0.39, 0.29) is 0 Å². The number of thioether (sulfide) groups is 1. The highest BCUT2D eigenvalue weighted by atomic mass is 127. The van der Waals surface area contributed by atoms with E-state index in [0.29, 0.717) is 0 Å². The summed E-state index contributed by atoms with van der Waals surface area (Å²) in [5.74, 6) is 0. The van der Waals surface area contributed by atoms with Crippen LogP contribution in [0, 0.1) is 10.7 Å². The lowest BCUT2D eigenvalue weighted by atomic mass is 10.2. The molecule has 0 N–H and O–H groups in total. The standard InChI is InChI=1S/C9H5I2NS/c10-9(11)8(13-6-12)7-4-2-1-3-5-7/h1-5H. The van der Waals surface area contributed by atoms with Crippen molar-refractivity contribution in [3.63, 3.8) is 0 Å². The maximum absolute atomic E-state index is 8.62. The van der Waals surface area contributed by atoms with Crippen LogP contribution in [-0.2, 0) is 0 Å². The Bertz CT molecular complexity index is 350. The molecule has 0 aliphatic heterocycles. The molecule has 1 aromatic carbocycles. The number of rotatable bonds is 2. The van der Waals surface area contributed by atoms with Crippen LogP contribution in [0.25, 0.3) is 4.91 Å². The van der Waals surface area contributed by atoms with E-state index in [1.165, 1.54) is 11.8 Å². The minimum Gasteiger partial charge on any atom is -0.185 e. The van der Waals surface area contributed by atoms with Gasteiger partial charge in [0.25, 0.3) is 0 Å². The zero-order valence-electron chi connectivity index (χ0n) is 6.50. The topological polar surface area (TPSA) is 23.8 Å². The molecule has 66 valence electrons. The number of hydrogen-bond donors (Lipinski definition) is 0. The molecule has 0 saturated heterocycles. The molecule has 0 fully saturated rings. The molecule has 0 aliphatic rings. The zero-order valence-corrected chi connectivity index (χ0v) is 11.6. The fourth-order valence-corrected chi connectivity index (χ4v) is 2.55. The van der Waals surface area contributed by atoms with E-state index in [1.54, 1.807) is 0 Å². The van der Waals surface area contributed by atoms with Crippen LogP contribution in [-0.4, -0.2) is 0 Å². The van der Waals surface area contributed by atoms with Crippen LogP contribution in [0.15, 0.2) is 31.9 Å². The number of nitrogens with zero attached hydrogens (tertiary/aromatic N) is 1. The average molecular weight is 413 g/mol. The first-order chi connectivity index (χ1) is 6.25. The summed E-state index contributed by atoms with van der Waals surface area (Å²) < 4.78 is 1.12. The Hall–Kier alpha value is 0.260. The van der Waals surface area contributed by atoms with Gasteiger partial charge < -0.3 is 0 Å². The van der Waals surface area contributed by atoms with E-state index >= 15 is 0 Å². The minimum atomic E-state index is 1.03. The number of thiocyanates is 1. The van der Waals surface area contributed by atoms with Gasteiger partial charge in [0.2, 0.25) is 0 Å². The molecular weight excluding hydrogens is 408 g/mol. The van der Waals surface area contributed by atoms with Gasteiger partial charge >= 0.3 is 0 Å². The second kappa shape index (κ2) is 5.88. The third-order valence-electron chi connectivity index (χ3n) is 1.36. The zero-order chi connectivity index (χ0) is 9.68. The van der Waals surface area contributed by atoms with Crippen LogP contribution >= 0.6 is 56.9 Å². The predicted molar refractivity (Wildman–Crippen MR) is 74.6 cm³/mol. The van der Waals surface area contributed by atoms with E-state index < -0.39 is 0 Å². The molecule has 0 bridgehead atoms. The van der Waals surface area contributed by atoms with Crippen LogP contribution in [0.3, 0.4) is 0 Å². The van der Waals surface area contributed by atoms with Crippen molar-refractivity contribution in [2.75, 3.05) is 0 Å². The van der Waals surface area contributed by atoms with Gasteiger partial charge in [-0.25, -0.2) is 0 Å². The van der Waals surface area contributed by atoms with Crippen LogP contribution in [0.5, 0.6) is 0 Å². The van der Waals surface area contributed by atoms with Crippen LogP contribution in [0.2, 0.25) is 0 Å². The van der Waals surface area contributed by atoms with Crippen molar-refractivity contribution >= 4 is 61.8 Å². The Morgan fingerprint density at radius 1 is 1.23 bits per heavy atom. The molecule has 0 unspecified atom stereocenters. The molecular formula is C9H5I2NS. The number of benzene rings is 1. The van der Waals surface area contributed by atoms with Gasteiger partial charge in [-0.05, 0) is 62.5 Å². The van der Waals surface area contributed by atoms with Crippen molar-refractivity contribution in [2.24, 2.45) is 0 Å². The Kier molecular flexibility index (Phi) is 5.13. The van der Waals surface area contributed by atoms with Gasteiger partial charge in [-0.15, -0.1) is 0 Å². The maximum atomic E-state index is 8.62. The minimum absolute atomic E-state index is 1.03. The summed E-state index contributed by atoms with van der Waals surface area (Å²) in [6.45, 7) is 0. The van der Waals surface area contributed by atoms with Crippen molar-refractivity contribution in [1.82, 2.24) is 0 Å². The van der Waals surface area contributed by atoms with Crippen LogP contribution in [0.1, 0.15) is 5.56 Å². The van der Waals surface area contributed by atoms with Gasteiger partial charge in [0.15, 0.2) is 0 Å². The highest BCUT2D eigenvalue weighted by molar-refractivity contribution is 14.2. The van der Waals surface area contributed by atoms with Gasteiger partial charge in [-0.1, -0.05) is 30.3 Å². The molecule has 4 heteroatoms. The van der Waals surface area contributed by atoms with Gasteiger partial charge in [-0.2, -0.15) is 5.26 Å². The van der Waals surface area contributed by atoms with Gasteiger partial charge in [0.05, 0.1) is 1.59 Å². The molecule has 0 aliphatic carbocycles. The molecule has 0 amide bonds. The van der Waals surface area contributed by atoms with Crippen molar-refractivity contribution < 1.29 is 0 Å². The van der Waals surface area contributed by atoms with Crippen LogP contribution in [0.4, 0.5) is 0 Å². The molecule has 13 heavy (non-hydrogen) atoms. The first-order valence-electron chi connectivity index (χ1n) is 3.42. The summed E-state index contributed by atoms with van der Waals surface area (Å²) >= 11 is 5.66. The summed E-state index contributed by atoms with van der Waals surface area (Å²) in [5, 5.41) is 10.7. The lowest BCUT2D eigenvalue weighted by Gasteiger charge is -2.01. The quantitative estimate of drug-likeness (QED) is 0.531. The van der Waals surface area contributed by atoms with Gasteiger partial charge in [-0.3, -0.25) is 0 Å². The molecule has 1 nitrogen and oxygen atoms in total. The van der Waals surface area contributed by atoms with E-state index in [1.807, 2.05) is 30.3 Å². The number of hydrogen-bond acceptors (Lipinski definition) is 2. The SMILES string of the molecule is N#CSC(=C(I)I)c1ccccc1. The molecule has 0 radical (unpaired) electrons. The summed E-state index contributed by atoms with van der Waals surface area (Å²) in [7, 11) is 0. The summed E-state index contributed by atoms with van der Waals surface area (Å²) in [6.07, 6.45) is 0. The molecule has 0 atom stereocenters. The Morgan fingerprint density at radius 3 is 2.31 bits per heavy atom. The van der Waals surface area contributed by atoms with Crippen molar-refractivity contribution in [3.05, 3.63) is 37.5 Å². The molecule has 0 aromatic heterocycles. The van der Waals surface area contributed by atoms with Gasteiger partial charge in [0, 0.05) is 4.91 Å². The summed E-state index contributed by atoms with van der Waals surface area (Å²) in [6, 6.07) is 9.94. The van der Waals surface area contributed by atoms with Crippen molar-refractivity contribution in [3.8, 4) is 5.40 Å². The Labute approximate surface area is 109 Å². The largest absolute Gasteiger partial charge is 0.185 e. The lowest BCUT2D eigenvalue weighted by Crippen LogP contribution is -1.77. The monoisotopic (exact) mass is 413 g/mol. The number of nitriles is 1. The first kappa shape index (κ1) is 11.3. The molecule has 0 spiro atoms. The van der Waals surface area contributed by atoms with E-state index in [2.05, 4.69) is 50.6 Å². The normalized spacial score (nSPS) is 9.00. The molecule has 1 aromatic rings. The summed E-state index contributed by atoms with van der Waals surface area (Å²) in [4.78, 5) is 1.03. The fourth-order valence-electron chi connectivity index (χ4n) is 0.842. The van der Waals surface area contributed by atoms with Crippen LogP contribution < -0.4 is 0 Å². The smallest absolute Gasteiger partial charge is 0.138 e. The molecule has 1 rings (SSSR count). The van der Waals surface area contributed by atoms with Gasteiger partial charge in [0.1, 0.15) is 5.40 Å². The third-order valence-corrected chi connectivity index (χ3v) is 3.90. The molecule has 0 heterocycles.